The van der Waals surface area contributed by atoms with Gasteiger partial charge in [0.2, 0.25) is 21.8 Å². The fraction of sp³-hybridized carbons (Fsp3) is 0.452. The smallest absolute Gasteiger partial charge is 0.262 e. The lowest BCUT2D eigenvalue weighted by Gasteiger charge is -2.69. The van der Waals surface area contributed by atoms with Crippen LogP contribution in [0, 0.1) is 11.8 Å². The molecule has 13 heteroatoms. The van der Waals surface area contributed by atoms with Crippen LogP contribution in [0.15, 0.2) is 53.4 Å². The van der Waals surface area contributed by atoms with E-state index in [9.17, 15) is 22.8 Å². The van der Waals surface area contributed by atoms with Crippen molar-refractivity contribution >= 4 is 72.4 Å². The maximum Gasteiger partial charge on any atom is 0.262 e. The molecule has 0 radical (unpaired) electrons. The number of nitrogens with zero attached hydrogens (tertiary/aromatic N) is 2. The number of hydrogen-bond donors (Lipinski definition) is 2. The van der Waals surface area contributed by atoms with E-state index in [-0.39, 0.29) is 52.1 Å². The number of benzene rings is 2. The summed E-state index contributed by atoms with van der Waals surface area (Å²) in [5.41, 5.74) is -0.607. The lowest BCUT2D eigenvalue weighted by atomic mass is 9.70. The summed E-state index contributed by atoms with van der Waals surface area (Å²) in [6.07, 6.45) is 0.472. The summed E-state index contributed by atoms with van der Waals surface area (Å²) in [6, 6.07) is 11.6. The van der Waals surface area contributed by atoms with Crippen molar-refractivity contribution in [2.24, 2.45) is 11.8 Å². The first-order chi connectivity index (χ1) is 20.6. The van der Waals surface area contributed by atoms with Gasteiger partial charge in [-0.15, -0.1) is 11.3 Å². The van der Waals surface area contributed by atoms with E-state index in [1.54, 1.807) is 23.6 Å². The van der Waals surface area contributed by atoms with E-state index in [0.717, 1.165) is 10.1 Å². The minimum Gasteiger partial charge on any atom is -0.340 e. The number of likely N-dealkylation sites (tertiary alicyclic amines) is 2. The van der Waals surface area contributed by atoms with Crippen molar-refractivity contribution in [3.05, 3.63) is 63.5 Å². The Hall–Kier alpha value is -2.70. The van der Waals surface area contributed by atoms with E-state index in [2.05, 4.69) is 10.0 Å². The predicted octanol–water partition coefficient (Wildman–Crippen LogP) is 5.17. The van der Waals surface area contributed by atoms with Gasteiger partial charge < -0.3 is 15.1 Å². The van der Waals surface area contributed by atoms with Crippen LogP contribution in [0.4, 0.5) is 0 Å². The lowest BCUT2D eigenvalue weighted by Crippen LogP contribution is -2.89. The van der Waals surface area contributed by atoms with Crippen LogP contribution in [0.25, 0.3) is 10.1 Å². The van der Waals surface area contributed by atoms with Crippen LogP contribution < -0.4 is 10.0 Å². The fourth-order valence-corrected chi connectivity index (χ4v) is 9.04. The van der Waals surface area contributed by atoms with E-state index >= 15 is 0 Å². The average Bonchev–Trinajstić information content (AvgIpc) is 3.38. The number of fused-ring (bicyclic) bond motifs is 2. The van der Waals surface area contributed by atoms with E-state index in [1.807, 2.05) is 51.1 Å². The Balaban J connectivity index is 1.27. The van der Waals surface area contributed by atoms with Gasteiger partial charge in [0, 0.05) is 22.8 Å². The first-order valence-corrected chi connectivity index (χ1v) is 17.6. The molecule has 2 aliphatic rings. The number of carbonyl (C=O) groups is 3. The van der Waals surface area contributed by atoms with E-state index in [0.29, 0.717) is 22.9 Å². The molecular weight excluding hydrogens is 643 g/mol. The zero-order chi connectivity index (χ0) is 32.1. The second-order valence-corrected chi connectivity index (χ2v) is 16.1. The largest absolute Gasteiger partial charge is 0.340 e. The number of thiophene rings is 1. The van der Waals surface area contributed by atoms with Crippen LogP contribution in [-0.2, 0) is 19.6 Å². The third kappa shape index (κ3) is 6.09. The topological polar surface area (TPSA) is 116 Å². The number of nitrogens with one attached hydrogen (secondary N) is 2. The van der Waals surface area contributed by atoms with E-state index in [4.69, 9.17) is 23.2 Å². The molecule has 5 rings (SSSR count). The van der Waals surface area contributed by atoms with Gasteiger partial charge in [0.15, 0.2) is 0 Å². The summed E-state index contributed by atoms with van der Waals surface area (Å²) in [6.45, 7) is 10.0. The van der Waals surface area contributed by atoms with Gasteiger partial charge in [-0.3, -0.25) is 14.4 Å². The highest BCUT2D eigenvalue weighted by atomic mass is 35.5. The fourth-order valence-electron chi connectivity index (χ4n) is 5.96. The lowest BCUT2D eigenvalue weighted by molar-refractivity contribution is -0.207. The van der Waals surface area contributed by atoms with Crippen molar-refractivity contribution in [3.8, 4) is 0 Å². The number of sulfonamides is 1. The molecule has 236 valence electrons. The molecule has 9 nitrogen and oxygen atoms in total. The van der Waals surface area contributed by atoms with Crippen LogP contribution in [0.2, 0.25) is 10.0 Å². The minimum atomic E-state index is -4.13. The summed E-state index contributed by atoms with van der Waals surface area (Å²) in [4.78, 5) is 44.4. The van der Waals surface area contributed by atoms with Gasteiger partial charge in [0.1, 0.15) is 17.0 Å². The molecule has 3 heterocycles. The maximum atomic E-state index is 13.8. The summed E-state index contributed by atoms with van der Waals surface area (Å²) in [5, 5.41) is 4.20. The SMILES string of the molecule is CC(C)CC(NC(=O)c1cc2ccccc2s1)C(=O)N1C[C@H]2N(C(=O)[C@@H](NS(=O)(=O)c3ccc(Cl)cc3Cl)C(C)C)CC21C. The predicted molar refractivity (Wildman–Crippen MR) is 174 cm³/mol. The van der Waals surface area contributed by atoms with E-state index in [1.165, 1.54) is 29.5 Å². The van der Waals surface area contributed by atoms with Gasteiger partial charge in [0.25, 0.3) is 5.91 Å². The van der Waals surface area contributed by atoms with Crippen molar-refractivity contribution in [2.75, 3.05) is 13.1 Å². The third-order valence-electron chi connectivity index (χ3n) is 8.46. The Morgan fingerprint density at radius 2 is 1.75 bits per heavy atom. The molecule has 4 atom stereocenters. The second kappa shape index (κ2) is 12.2. The van der Waals surface area contributed by atoms with Gasteiger partial charge in [-0.1, -0.05) is 69.1 Å². The van der Waals surface area contributed by atoms with Crippen LogP contribution in [0.3, 0.4) is 0 Å². The summed E-state index contributed by atoms with van der Waals surface area (Å²) < 4.78 is 29.9. The Morgan fingerprint density at radius 3 is 2.34 bits per heavy atom. The third-order valence-corrected chi connectivity index (χ3v) is 11.7. The molecule has 2 N–H and O–H groups in total. The van der Waals surface area contributed by atoms with Crippen LogP contribution in [0.1, 0.15) is 50.7 Å². The number of halogens is 2. The molecule has 0 aliphatic carbocycles. The summed E-state index contributed by atoms with van der Waals surface area (Å²) >= 11 is 13.5. The Bertz CT molecular complexity index is 1690. The number of piperazine rings is 1. The molecule has 0 saturated carbocycles. The Kier molecular flexibility index (Phi) is 9.10. The molecule has 3 amide bonds. The van der Waals surface area contributed by atoms with Gasteiger partial charge in [-0.25, -0.2) is 8.42 Å². The maximum absolute atomic E-state index is 13.8. The van der Waals surface area contributed by atoms with Crippen LogP contribution in [-0.4, -0.2) is 72.7 Å². The van der Waals surface area contributed by atoms with Crippen molar-refractivity contribution in [1.29, 1.82) is 0 Å². The quantitative estimate of drug-likeness (QED) is 0.307. The molecule has 1 aromatic heterocycles. The molecule has 3 aromatic rings. The van der Waals surface area contributed by atoms with Gasteiger partial charge in [-0.2, -0.15) is 4.72 Å². The highest BCUT2D eigenvalue weighted by Crippen LogP contribution is 2.45. The first kappa shape index (κ1) is 32.7. The normalized spacial score (nSPS) is 21.1. The van der Waals surface area contributed by atoms with Gasteiger partial charge >= 0.3 is 0 Å². The van der Waals surface area contributed by atoms with Crippen LogP contribution in [0.5, 0.6) is 0 Å². The molecule has 44 heavy (non-hydrogen) atoms. The van der Waals surface area contributed by atoms with Crippen molar-refractivity contribution in [1.82, 2.24) is 19.8 Å². The molecule has 0 bridgehead atoms. The molecule has 0 spiro atoms. The molecule has 2 aromatic carbocycles. The van der Waals surface area contributed by atoms with Gasteiger partial charge in [-0.05, 0) is 60.9 Å². The van der Waals surface area contributed by atoms with Crippen LogP contribution >= 0.6 is 34.5 Å². The molecular formula is C31H36Cl2N4O5S2. The highest BCUT2D eigenvalue weighted by Gasteiger charge is 2.65. The summed E-state index contributed by atoms with van der Waals surface area (Å²) in [5.74, 6) is -1.03. The standard InChI is InChI=1S/C31H36Cl2N4O5S2/c1-17(2)12-22(34-28(38)24-13-19-8-6-7-9-23(19)43-24)29(39)37-15-26-31(37,5)16-36(26)30(40)27(18(3)4)35-44(41,42)25-11-10-20(32)14-21(25)33/h6-11,13-14,17-18,22,26-27,35H,12,15-16H2,1-5H3,(H,34,38)/t22?,26-,27+,31?/m1/s1. The first-order valence-electron chi connectivity index (χ1n) is 14.5. The zero-order valence-corrected chi connectivity index (χ0v) is 28.3. The van der Waals surface area contributed by atoms with Crippen molar-refractivity contribution in [2.45, 2.75) is 69.6 Å². The minimum absolute atomic E-state index is 0.0416. The number of amides is 3. The number of rotatable bonds is 10. The average molecular weight is 680 g/mol. The zero-order valence-electron chi connectivity index (χ0n) is 25.1. The molecule has 2 fully saturated rings. The van der Waals surface area contributed by atoms with Gasteiger partial charge in [0.05, 0.1) is 21.5 Å². The second-order valence-electron chi connectivity index (χ2n) is 12.5. The monoisotopic (exact) mass is 678 g/mol. The Labute approximate surface area is 271 Å². The summed E-state index contributed by atoms with van der Waals surface area (Å²) in [7, 11) is -4.13. The Morgan fingerprint density at radius 1 is 1.05 bits per heavy atom. The highest BCUT2D eigenvalue weighted by molar-refractivity contribution is 7.89. The number of carbonyl (C=O) groups excluding carboxylic acids is 3. The number of hydrogen-bond acceptors (Lipinski definition) is 6. The molecule has 2 saturated heterocycles. The molecule has 2 unspecified atom stereocenters. The van der Waals surface area contributed by atoms with E-state index < -0.39 is 27.6 Å². The molecule has 2 aliphatic heterocycles. The van der Waals surface area contributed by atoms with Crippen molar-refractivity contribution in [3.63, 3.8) is 0 Å². The van der Waals surface area contributed by atoms with Crippen molar-refractivity contribution < 1.29 is 22.8 Å².